The fraction of sp³-hybridized carbons (Fsp3) is 0.538. The van der Waals surface area contributed by atoms with E-state index in [1.807, 2.05) is 13.8 Å². The molecule has 0 amide bonds. The lowest BCUT2D eigenvalue weighted by molar-refractivity contribution is -0.386. The molecule has 21 heavy (non-hydrogen) atoms. The van der Waals surface area contributed by atoms with E-state index >= 15 is 0 Å². The molecule has 1 rings (SSSR count). The Morgan fingerprint density at radius 1 is 1.29 bits per heavy atom. The van der Waals surface area contributed by atoms with Crippen LogP contribution in [0.15, 0.2) is 23.1 Å². The molecule has 118 valence electrons. The number of nitro benzene ring substituents is 1. The summed E-state index contributed by atoms with van der Waals surface area (Å²) in [5.74, 6) is -0.437. The van der Waals surface area contributed by atoms with Gasteiger partial charge in [-0.05, 0) is 31.9 Å². The van der Waals surface area contributed by atoms with E-state index in [4.69, 9.17) is 0 Å². The molecular formula is C13H20N2O5S. The van der Waals surface area contributed by atoms with Gasteiger partial charge in [-0.3, -0.25) is 10.1 Å². The number of phenols is 1. The van der Waals surface area contributed by atoms with Gasteiger partial charge < -0.3 is 5.11 Å². The van der Waals surface area contributed by atoms with Crippen molar-refractivity contribution in [3.63, 3.8) is 0 Å². The van der Waals surface area contributed by atoms with Crippen LogP contribution >= 0.6 is 0 Å². The largest absolute Gasteiger partial charge is 0.502 e. The highest BCUT2D eigenvalue weighted by molar-refractivity contribution is 7.89. The Bertz CT molecular complexity index is 625. The predicted octanol–water partition coefficient (Wildman–Crippen LogP) is 2.36. The van der Waals surface area contributed by atoms with Crippen LogP contribution in [0.25, 0.3) is 0 Å². The van der Waals surface area contributed by atoms with Crippen LogP contribution in [0.4, 0.5) is 5.69 Å². The molecule has 7 nitrogen and oxygen atoms in total. The molecule has 0 fully saturated rings. The van der Waals surface area contributed by atoms with Gasteiger partial charge in [0.1, 0.15) is 0 Å². The third-order valence-corrected chi connectivity index (χ3v) is 4.91. The van der Waals surface area contributed by atoms with Gasteiger partial charge in [0, 0.05) is 18.7 Å². The van der Waals surface area contributed by atoms with Gasteiger partial charge in [0.05, 0.1) is 9.82 Å². The van der Waals surface area contributed by atoms with Crippen molar-refractivity contribution in [2.45, 2.75) is 38.6 Å². The summed E-state index contributed by atoms with van der Waals surface area (Å²) in [6.07, 6.45) is 0. The molecule has 1 aromatic rings. The monoisotopic (exact) mass is 316 g/mol. The highest BCUT2D eigenvalue weighted by Gasteiger charge is 2.29. The fourth-order valence-electron chi connectivity index (χ4n) is 1.89. The first-order chi connectivity index (χ1) is 9.57. The average Bonchev–Trinajstić information content (AvgIpc) is 2.35. The molecule has 0 aliphatic carbocycles. The quantitative estimate of drug-likeness (QED) is 0.641. The number of phenolic OH excluding ortho intramolecular Hbond substituents is 1. The number of sulfonamides is 1. The minimum Gasteiger partial charge on any atom is -0.502 e. The molecule has 0 unspecified atom stereocenters. The Kier molecular flexibility index (Phi) is 5.30. The summed E-state index contributed by atoms with van der Waals surface area (Å²) in [4.78, 5) is 9.82. The van der Waals surface area contributed by atoms with Gasteiger partial charge in [-0.25, -0.2) is 8.42 Å². The Morgan fingerprint density at radius 2 is 1.86 bits per heavy atom. The van der Waals surface area contributed by atoms with Crippen molar-refractivity contribution in [2.75, 3.05) is 6.54 Å². The van der Waals surface area contributed by atoms with Gasteiger partial charge in [-0.15, -0.1) is 0 Å². The first-order valence-electron chi connectivity index (χ1n) is 6.56. The zero-order chi connectivity index (χ0) is 16.4. The third kappa shape index (κ3) is 3.92. The van der Waals surface area contributed by atoms with Crippen molar-refractivity contribution in [3.8, 4) is 5.75 Å². The molecule has 1 N–H and O–H groups in total. The number of nitrogens with zero attached hydrogens (tertiary/aromatic N) is 2. The van der Waals surface area contributed by atoms with Crippen molar-refractivity contribution < 1.29 is 18.4 Å². The molecule has 0 spiro atoms. The van der Waals surface area contributed by atoms with Gasteiger partial charge in [0.15, 0.2) is 5.75 Å². The second-order valence-electron chi connectivity index (χ2n) is 5.47. The third-order valence-electron chi connectivity index (χ3n) is 2.87. The van der Waals surface area contributed by atoms with Crippen LogP contribution < -0.4 is 0 Å². The molecule has 0 aliphatic rings. The molecule has 0 saturated carbocycles. The van der Waals surface area contributed by atoms with E-state index in [1.54, 1.807) is 13.8 Å². The van der Waals surface area contributed by atoms with E-state index in [0.717, 1.165) is 12.1 Å². The molecule has 0 aromatic heterocycles. The van der Waals surface area contributed by atoms with Gasteiger partial charge >= 0.3 is 5.69 Å². The SMILES string of the molecule is CC(C)CN(C(C)C)S(=O)(=O)c1ccc(O)c([N+](=O)[O-])c1. The lowest BCUT2D eigenvalue weighted by atomic mass is 10.2. The summed E-state index contributed by atoms with van der Waals surface area (Å²) in [7, 11) is -3.85. The molecule has 8 heteroatoms. The molecule has 0 radical (unpaired) electrons. The second-order valence-corrected chi connectivity index (χ2v) is 7.36. The smallest absolute Gasteiger partial charge is 0.312 e. The number of benzene rings is 1. The summed E-state index contributed by atoms with van der Waals surface area (Å²) >= 11 is 0. The Hall–Kier alpha value is -1.67. The number of nitro groups is 1. The first kappa shape index (κ1) is 17.4. The number of hydrogen-bond acceptors (Lipinski definition) is 5. The van der Waals surface area contributed by atoms with Crippen LogP contribution in [-0.4, -0.2) is 35.3 Å². The summed E-state index contributed by atoms with van der Waals surface area (Å²) in [5, 5.41) is 20.2. The second kappa shape index (κ2) is 6.40. The van der Waals surface area contributed by atoms with Crippen molar-refractivity contribution >= 4 is 15.7 Å². The Morgan fingerprint density at radius 3 is 2.29 bits per heavy atom. The molecular weight excluding hydrogens is 296 g/mol. The zero-order valence-electron chi connectivity index (χ0n) is 12.5. The highest BCUT2D eigenvalue weighted by Crippen LogP contribution is 2.30. The number of aromatic hydroxyl groups is 1. The van der Waals surface area contributed by atoms with E-state index in [1.165, 1.54) is 10.4 Å². The maximum atomic E-state index is 12.6. The number of rotatable bonds is 6. The molecule has 0 heterocycles. The molecule has 0 atom stereocenters. The predicted molar refractivity (Wildman–Crippen MR) is 78.6 cm³/mol. The van der Waals surface area contributed by atoms with Crippen LogP contribution in [0.2, 0.25) is 0 Å². The van der Waals surface area contributed by atoms with Crippen molar-refractivity contribution in [3.05, 3.63) is 28.3 Å². The van der Waals surface area contributed by atoms with Crippen molar-refractivity contribution in [1.82, 2.24) is 4.31 Å². The average molecular weight is 316 g/mol. The normalized spacial score (nSPS) is 12.3. The van der Waals surface area contributed by atoms with E-state index in [2.05, 4.69) is 0 Å². The molecule has 0 bridgehead atoms. The standard InChI is InChI=1S/C13H20N2O5S/c1-9(2)8-14(10(3)4)21(19,20)11-5-6-13(16)12(7-11)15(17)18/h5-7,9-10,16H,8H2,1-4H3. The maximum absolute atomic E-state index is 12.6. The summed E-state index contributed by atoms with van der Waals surface area (Å²) < 4.78 is 26.5. The lowest BCUT2D eigenvalue weighted by Crippen LogP contribution is -2.39. The highest BCUT2D eigenvalue weighted by atomic mass is 32.2. The van der Waals surface area contributed by atoms with Gasteiger partial charge in [0.2, 0.25) is 10.0 Å². The van der Waals surface area contributed by atoms with E-state index in [0.29, 0.717) is 6.54 Å². The lowest BCUT2D eigenvalue weighted by Gasteiger charge is -2.27. The summed E-state index contributed by atoms with van der Waals surface area (Å²) in [5.41, 5.74) is -0.621. The zero-order valence-corrected chi connectivity index (χ0v) is 13.3. The van der Waals surface area contributed by atoms with Gasteiger partial charge in [0.25, 0.3) is 0 Å². The van der Waals surface area contributed by atoms with E-state index < -0.39 is 26.4 Å². The molecule has 0 saturated heterocycles. The van der Waals surface area contributed by atoms with Crippen LogP contribution in [0, 0.1) is 16.0 Å². The van der Waals surface area contributed by atoms with Crippen molar-refractivity contribution in [1.29, 1.82) is 0 Å². The van der Waals surface area contributed by atoms with Crippen LogP contribution in [0.3, 0.4) is 0 Å². The topological polar surface area (TPSA) is 101 Å². The summed E-state index contributed by atoms with van der Waals surface area (Å²) in [6, 6.07) is 2.82. The fourth-order valence-corrected chi connectivity index (χ4v) is 3.71. The maximum Gasteiger partial charge on any atom is 0.312 e. The number of hydrogen-bond donors (Lipinski definition) is 1. The van der Waals surface area contributed by atoms with Gasteiger partial charge in [-0.2, -0.15) is 4.31 Å². The van der Waals surface area contributed by atoms with Crippen LogP contribution in [0.5, 0.6) is 5.75 Å². The van der Waals surface area contributed by atoms with Crippen LogP contribution in [-0.2, 0) is 10.0 Å². The van der Waals surface area contributed by atoms with Gasteiger partial charge in [-0.1, -0.05) is 13.8 Å². The molecule has 1 aromatic carbocycles. The summed E-state index contributed by atoms with van der Waals surface area (Å²) in [6.45, 7) is 7.59. The van der Waals surface area contributed by atoms with E-state index in [-0.39, 0.29) is 16.9 Å². The van der Waals surface area contributed by atoms with E-state index in [9.17, 15) is 23.6 Å². The molecule has 0 aliphatic heterocycles. The van der Waals surface area contributed by atoms with Crippen LogP contribution in [0.1, 0.15) is 27.7 Å². The van der Waals surface area contributed by atoms with Crippen molar-refractivity contribution in [2.24, 2.45) is 5.92 Å². The minimum absolute atomic E-state index is 0.120. The minimum atomic E-state index is -3.85. The Balaban J connectivity index is 3.35. The Labute approximate surface area is 124 Å². The first-order valence-corrected chi connectivity index (χ1v) is 8.00.